The molecule has 0 fully saturated rings. The van der Waals surface area contributed by atoms with E-state index in [9.17, 15) is 19.5 Å². The third-order valence-corrected chi connectivity index (χ3v) is 6.52. The quantitative estimate of drug-likeness (QED) is 0.383. The van der Waals surface area contributed by atoms with Gasteiger partial charge in [-0.2, -0.15) is 0 Å². The van der Waals surface area contributed by atoms with Crippen LogP contribution in [0.25, 0.3) is 21.9 Å². The molecule has 7 nitrogen and oxygen atoms in total. The van der Waals surface area contributed by atoms with E-state index in [1.807, 2.05) is 26.8 Å². The highest BCUT2D eigenvalue weighted by Gasteiger charge is 2.24. The number of carboxylic acids is 1. The van der Waals surface area contributed by atoms with E-state index < -0.39 is 23.5 Å². The molecule has 2 aromatic carbocycles. The average molecular weight is 482 g/mol. The Morgan fingerprint density at radius 1 is 0.971 bits per heavy atom. The summed E-state index contributed by atoms with van der Waals surface area (Å²) in [6.07, 6.45) is -0.213. The maximum absolute atomic E-state index is 12.8. The molecular formula is C26H24ClNO6. The first-order valence-corrected chi connectivity index (χ1v) is 11.2. The Balaban J connectivity index is 1.65. The van der Waals surface area contributed by atoms with Crippen molar-refractivity contribution in [3.05, 3.63) is 79.4 Å². The zero-order valence-corrected chi connectivity index (χ0v) is 20.0. The van der Waals surface area contributed by atoms with Crippen molar-refractivity contribution in [3.63, 3.8) is 0 Å². The third kappa shape index (κ3) is 4.31. The minimum atomic E-state index is -1.17. The van der Waals surface area contributed by atoms with Gasteiger partial charge in [-0.25, -0.2) is 9.59 Å². The fourth-order valence-corrected chi connectivity index (χ4v) is 4.28. The molecule has 0 radical (unpaired) electrons. The first kappa shape index (κ1) is 23.6. The summed E-state index contributed by atoms with van der Waals surface area (Å²) in [5.74, 6) is -0.966. The second-order valence-corrected chi connectivity index (χ2v) is 8.93. The highest BCUT2D eigenvalue weighted by Crippen LogP contribution is 2.34. The molecule has 2 N–H and O–H groups in total. The summed E-state index contributed by atoms with van der Waals surface area (Å²) in [7, 11) is 0. The van der Waals surface area contributed by atoms with Gasteiger partial charge in [0.15, 0.2) is 0 Å². The van der Waals surface area contributed by atoms with Crippen molar-refractivity contribution in [2.75, 3.05) is 0 Å². The zero-order valence-electron chi connectivity index (χ0n) is 19.2. The van der Waals surface area contributed by atoms with Crippen molar-refractivity contribution >= 4 is 45.4 Å². The molecule has 0 saturated carbocycles. The van der Waals surface area contributed by atoms with Crippen molar-refractivity contribution in [2.24, 2.45) is 0 Å². The first-order chi connectivity index (χ1) is 16.1. The number of carbonyl (C=O) groups excluding carboxylic acids is 1. The van der Waals surface area contributed by atoms with Gasteiger partial charge in [-0.15, -0.1) is 0 Å². The molecule has 0 aliphatic rings. The number of rotatable bonds is 6. The molecule has 4 aromatic rings. The van der Waals surface area contributed by atoms with Crippen molar-refractivity contribution in [3.8, 4) is 0 Å². The van der Waals surface area contributed by atoms with E-state index >= 15 is 0 Å². The van der Waals surface area contributed by atoms with Crippen LogP contribution >= 0.6 is 11.6 Å². The molecule has 34 heavy (non-hydrogen) atoms. The number of fused-ring (bicyclic) bond motifs is 2. The minimum Gasteiger partial charge on any atom is -0.480 e. The van der Waals surface area contributed by atoms with E-state index in [4.69, 9.17) is 20.4 Å². The molecular weight excluding hydrogens is 458 g/mol. The van der Waals surface area contributed by atoms with Crippen LogP contribution in [0.5, 0.6) is 0 Å². The van der Waals surface area contributed by atoms with E-state index in [0.29, 0.717) is 38.3 Å². The molecule has 4 rings (SSSR count). The van der Waals surface area contributed by atoms with Crippen LogP contribution in [0.4, 0.5) is 0 Å². The highest BCUT2D eigenvalue weighted by molar-refractivity contribution is 6.30. The molecule has 0 aliphatic carbocycles. The molecule has 0 spiro atoms. The lowest BCUT2D eigenvalue weighted by Crippen LogP contribution is -2.43. The lowest BCUT2D eigenvalue weighted by molar-refractivity contribution is -0.141. The Morgan fingerprint density at radius 3 is 2.24 bits per heavy atom. The standard InChI is InChI=1S/C26H24ClNO6/c1-12-15(4)33-23-14(3)24-19(10-18(12)23)13(2)20(26(32)34-24)11-22(29)28-21(25(30)31)9-16-5-7-17(27)8-6-16/h5-8,10,21H,9,11H2,1-4H3,(H,28,29)(H,30,31)/t21-/m1/s1. The van der Waals surface area contributed by atoms with Crippen LogP contribution in [0.3, 0.4) is 0 Å². The van der Waals surface area contributed by atoms with Gasteiger partial charge in [-0.1, -0.05) is 23.7 Å². The molecule has 0 unspecified atom stereocenters. The van der Waals surface area contributed by atoms with Crippen molar-refractivity contribution in [1.82, 2.24) is 5.32 Å². The number of aliphatic carboxylic acids is 1. The summed E-state index contributed by atoms with van der Waals surface area (Å²) in [6, 6.07) is 7.47. The van der Waals surface area contributed by atoms with Crippen LogP contribution in [0, 0.1) is 27.7 Å². The fourth-order valence-electron chi connectivity index (χ4n) is 4.16. The summed E-state index contributed by atoms with van der Waals surface area (Å²) in [6.45, 7) is 7.43. The molecule has 8 heteroatoms. The number of carbonyl (C=O) groups is 2. The number of hydrogen-bond donors (Lipinski definition) is 2. The molecule has 0 saturated heterocycles. The second kappa shape index (κ2) is 8.99. The number of halogens is 1. The minimum absolute atomic E-state index is 0.0832. The molecule has 2 heterocycles. The van der Waals surface area contributed by atoms with Crippen LogP contribution in [-0.4, -0.2) is 23.0 Å². The van der Waals surface area contributed by atoms with E-state index in [0.717, 1.165) is 16.7 Å². The molecule has 0 aliphatic heterocycles. The second-order valence-electron chi connectivity index (χ2n) is 8.50. The van der Waals surface area contributed by atoms with E-state index in [2.05, 4.69) is 5.32 Å². The number of carboxylic acid groups (broad SMARTS) is 1. The van der Waals surface area contributed by atoms with Crippen molar-refractivity contribution < 1.29 is 23.5 Å². The molecule has 176 valence electrons. The molecule has 2 aromatic heterocycles. The topological polar surface area (TPSA) is 110 Å². The third-order valence-electron chi connectivity index (χ3n) is 6.27. The van der Waals surface area contributed by atoms with Gasteiger partial charge in [0, 0.05) is 27.8 Å². The lowest BCUT2D eigenvalue weighted by Gasteiger charge is -2.15. The van der Waals surface area contributed by atoms with Crippen LogP contribution in [-0.2, 0) is 22.4 Å². The number of nitrogens with one attached hydrogen (secondary N) is 1. The predicted molar refractivity (Wildman–Crippen MR) is 130 cm³/mol. The van der Waals surface area contributed by atoms with Gasteiger partial charge < -0.3 is 19.3 Å². The molecule has 1 amide bonds. The Bertz CT molecular complexity index is 1500. The summed E-state index contributed by atoms with van der Waals surface area (Å²) >= 11 is 5.88. The van der Waals surface area contributed by atoms with E-state index in [1.165, 1.54) is 0 Å². The van der Waals surface area contributed by atoms with Gasteiger partial charge >= 0.3 is 11.6 Å². The Kier molecular flexibility index (Phi) is 6.23. The number of benzene rings is 2. The predicted octanol–water partition coefficient (Wildman–Crippen LogP) is 4.78. The zero-order chi connectivity index (χ0) is 24.7. The number of hydrogen-bond acceptors (Lipinski definition) is 5. The van der Waals surface area contributed by atoms with Gasteiger partial charge in [0.1, 0.15) is 23.0 Å². The number of amides is 1. The SMILES string of the molecule is Cc1oc2c(C)c3oc(=O)c(CC(=O)N[C@H](Cc4ccc(Cl)cc4)C(=O)O)c(C)c3cc2c1C. The van der Waals surface area contributed by atoms with Gasteiger partial charge in [0.2, 0.25) is 5.91 Å². The van der Waals surface area contributed by atoms with Crippen molar-refractivity contribution in [1.29, 1.82) is 0 Å². The van der Waals surface area contributed by atoms with E-state index in [1.54, 1.807) is 31.2 Å². The Morgan fingerprint density at radius 2 is 1.59 bits per heavy atom. The molecule has 1 atom stereocenters. The van der Waals surface area contributed by atoms with E-state index in [-0.39, 0.29) is 18.4 Å². The smallest absolute Gasteiger partial charge is 0.340 e. The van der Waals surface area contributed by atoms with Crippen LogP contribution in [0.1, 0.15) is 33.6 Å². The summed E-state index contributed by atoms with van der Waals surface area (Å²) in [5, 5.41) is 14.3. The monoisotopic (exact) mass is 481 g/mol. The van der Waals surface area contributed by atoms with Gasteiger partial charge in [0.25, 0.3) is 0 Å². The Hall–Kier alpha value is -3.58. The number of furan rings is 1. The van der Waals surface area contributed by atoms with Crippen LogP contribution in [0.15, 0.2) is 44.0 Å². The maximum Gasteiger partial charge on any atom is 0.340 e. The maximum atomic E-state index is 12.8. The number of aryl methyl sites for hydroxylation is 4. The fraction of sp³-hybridized carbons (Fsp3) is 0.269. The highest BCUT2D eigenvalue weighted by atomic mass is 35.5. The van der Waals surface area contributed by atoms with Gasteiger partial charge in [0.05, 0.1) is 12.0 Å². The normalized spacial score (nSPS) is 12.3. The molecule has 0 bridgehead atoms. The van der Waals surface area contributed by atoms with Crippen LogP contribution < -0.4 is 10.9 Å². The Labute approximate surface area is 200 Å². The van der Waals surface area contributed by atoms with Gasteiger partial charge in [-0.05, 0) is 62.6 Å². The van der Waals surface area contributed by atoms with Gasteiger partial charge in [-0.3, -0.25) is 4.79 Å². The van der Waals surface area contributed by atoms with Crippen molar-refractivity contribution in [2.45, 2.75) is 46.6 Å². The summed E-state index contributed by atoms with van der Waals surface area (Å²) < 4.78 is 11.4. The summed E-state index contributed by atoms with van der Waals surface area (Å²) in [5.41, 5.74) is 3.69. The largest absolute Gasteiger partial charge is 0.480 e. The lowest BCUT2D eigenvalue weighted by atomic mass is 9.98. The summed E-state index contributed by atoms with van der Waals surface area (Å²) in [4.78, 5) is 37.3. The average Bonchev–Trinajstić information content (AvgIpc) is 3.07. The first-order valence-electron chi connectivity index (χ1n) is 10.8. The van der Waals surface area contributed by atoms with Crippen LogP contribution in [0.2, 0.25) is 5.02 Å².